The molecule has 0 unspecified atom stereocenters. The lowest BCUT2D eigenvalue weighted by Crippen LogP contribution is -2.52. The number of phenolic OH excluding ortho intramolecular Hbond substituents is 1. The van der Waals surface area contributed by atoms with Crippen LogP contribution in [0.3, 0.4) is 0 Å². The molecule has 3 rings (SSSR count). The van der Waals surface area contributed by atoms with Crippen molar-refractivity contribution in [3.63, 3.8) is 0 Å². The molecular formula is C21H27NO7. The van der Waals surface area contributed by atoms with E-state index in [4.69, 9.17) is 18.9 Å². The number of nitrogens with one attached hydrogen (secondary N) is 1. The van der Waals surface area contributed by atoms with Gasteiger partial charge in [-0.3, -0.25) is 9.59 Å². The molecule has 3 atom stereocenters. The number of fused-ring (bicyclic) bond motifs is 1. The van der Waals surface area contributed by atoms with Crippen LogP contribution in [0.1, 0.15) is 43.0 Å². The number of amides is 1. The molecule has 8 nitrogen and oxygen atoms in total. The predicted molar refractivity (Wildman–Crippen MR) is 103 cm³/mol. The average Bonchev–Trinajstić information content (AvgIpc) is 3.51. The Morgan fingerprint density at radius 3 is 2.59 bits per heavy atom. The number of methoxy groups -OCH3 is 2. The van der Waals surface area contributed by atoms with Crippen molar-refractivity contribution in [2.75, 3.05) is 14.2 Å². The third-order valence-corrected chi connectivity index (χ3v) is 5.19. The van der Waals surface area contributed by atoms with Crippen molar-refractivity contribution in [3.8, 4) is 5.75 Å². The summed E-state index contributed by atoms with van der Waals surface area (Å²) in [5, 5.41) is 12.7. The quantitative estimate of drug-likeness (QED) is 0.281. The number of hydrogen-bond donors (Lipinski definition) is 2. The van der Waals surface area contributed by atoms with Gasteiger partial charge in [0.1, 0.15) is 18.0 Å². The van der Waals surface area contributed by atoms with Gasteiger partial charge in [-0.15, -0.1) is 0 Å². The van der Waals surface area contributed by atoms with Crippen LogP contribution in [0.2, 0.25) is 0 Å². The van der Waals surface area contributed by atoms with E-state index in [9.17, 15) is 14.7 Å². The van der Waals surface area contributed by atoms with Crippen molar-refractivity contribution in [2.45, 2.75) is 56.7 Å². The van der Waals surface area contributed by atoms with Gasteiger partial charge in [-0.25, -0.2) is 0 Å². The fourth-order valence-corrected chi connectivity index (χ4v) is 3.56. The third kappa shape index (κ3) is 4.29. The number of ether oxygens (including phenoxy) is 4. The first-order valence-electron chi connectivity index (χ1n) is 9.73. The molecule has 0 spiro atoms. The Bertz CT molecular complexity index is 787. The number of para-hydroxylation sites is 1. The summed E-state index contributed by atoms with van der Waals surface area (Å²) < 4.78 is 22.4. The van der Waals surface area contributed by atoms with Crippen LogP contribution in [0.25, 0.3) is 0 Å². The van der Waals surface area contributed by atoms with Crippen LogP contribution in [0.15, 0.2) is 36.0 Å². The maximum atomic E-state index is 12.7. The molecule has 1 saturated heterocycles. The van der Waals surface area contributed by atoms with E-state index >= 15 is 0 Å². The molecule has 1 amide bonds. The average molecular weight is 405 g/mol. The molecule has 29 heavy (non-hydrogen) atoms. The Morgan fingerprint density at radius 1 is 1.21 bits per heavy atom. The van der Waals surface area contributed by atoms with Crippen molar-refractivity contribution in [3.05, 3.63) is 41.6 Å². The number of benzene rings is 1. The monoisotopic (exact) mass is 405 g/mol. The molecule has 1 aromatic carbocycles. The number of esters is 1. The highest BCUT2D eigenvalue weighted by Crippen LogP contribution is 2.46. The first kappa shape index (κ1) is 21.3. The third-order valence-electron chi connectivity index (χ3n) is 5.19. The summed E-state index contributed by atoms with van der Waals surface area (Å²) in [4.78, 5) is 24.9. The van der Waals surface area contributed by atoms with E-state index in [0.717, 1.165) is 19.3 Å². The molecule has 8 heteroatoms. The van der Waals surface area contributed by atoms with Crippen molar-refractivity contribution < 1.29 is 33.6 Å². The maximum Gasteiger partial charge on any atom is 0.306 e. The highest BCUT2D eigenvalue weighted by molar-refractivity contribution is 5.98. The van der Waals surface area contributed by atoms with Gasteiger partial charge in [-0.05, 0) is 24.6 Å². The lowest BCUT2D eigenvalue weighted by molar-refractivity contribution is -0.196. The Labute approximate surface area is 169 Å². The van der Waals surface area contributed by atoms with Crippen LogP contribution in [-0.4, -0.2) is 55.3 Å². The normalized spacial score (nSPS) is 24.2. The Kier molecular flexibility index (Phi) is 6.56. The van der Waals surface area contributed by atoms with E-state index < -0.39 is 30.0 Å². The first-order chi connectivity index (χ1) is 14.0. The molecule has 0 saturated carbocycles. The van der Waals surface area contributed by atoms with Crippen molar-refractivity contribution in [2.24, 2.45) is 0 Å². The SMILES string of the molecule is CCCCCC(=O)O[C@@H]1C=C(NC(=O)c2ccccc2O)C(OC)(OC)[C@@H]2O[C@@H]21. The van der Waals surface area contributed by atoms with Crippen LogP contribution in [0.4, 0.5) is 0 Å². The highest BCUT2D eigenvalue weighted by Gasteiger charge is 2.65. The molecule has 0 radical (unpaired) electrons. The van der Waals surface area contributed by atoms with Crippen LogP contribution in [0.5, 0.6) is 5.75 Å². The van der Waals surface area contributed by atoms with Crippen LogP contribution in [0, 0.1) is 0 Å². The number of aromatic hydroxyl groups is 1. The summed E-state index contributed by atoms with van der Waals surface area (Å²) >= 11 is 0. The Balaban J connectivity index is 1.80. The Hall–Kier alpha value is -2.42. The molecule has 158 valence electrons. The lowest BCUT2D eigenvalue weighted by atomic mass is 9.95. The molecule has 2 N–H and O–H groups in total. The summed E-state index contributed by atoms with van der Waals surface area (Å²) in [5.74, 6) is -2.35. The molecule has 1 aromatic rings. The number of hydrogen-bond acceptors (Lipinski definition) is 7. The van der Waals surface area contributed by atoms with Crippen molar-refractivity contribution >= 4 is 11.9 Å². The summed E-state index contributed by atoms with van der Waals surface area (Å²) in [6.45, 7) is 2.06. The van der Waals surface area contributed by atoms with Crippen LogP contribution < -0.4 is 5.32 Å². The second-order valence-electron chi connectivity index (χ2n) is 7.06. The second-order valence-corrected chi connectivity index (χ2v) is 7.06. The van der Waals surface area contributed by atoms with Gasteiger partial charge in [0.15, 0.2) is 6.10 Å². The van der Waals surface area contributed by atoms with Gasteiger partial charge in [0, 0.05) is 20.6 Å². The van der Waals surface area contributed by atoms with E-state index in [1.165, 1.54) is 26.4 Å². The first-order valence-corrected chi connectivity index (χ1v) is 9.73. The topological polar surface area (TPSA) is 107 Å². The van der Waals surface area contributed by atoms with Gasteiger partial charge in [0.2, 0.25) is 5.79 Å². The van der Waals surface area contributed by atoms with Gasteiger partial charge in [0.25, 0.3) is 5.91 Å². The summed E-state index contributed by atoms with van der Waals surface area (Å²) in [6, 6.07) is 6.18. The minimum Gasteiger partial charge on any atom is -0.507 e. The van der Waals surface area contributed by atoms with Crippen molar-refractivity contribution in [1.82, 2.24) is 5.32 Å². The zero-order chi connectivity index (χ0) is 21.0. The molecule has 1 aliphatic heterocycles. The Morgan fingerprint density at radius 2 is 1.93 bits per heavy atom. The predicted octanol–water partition coefficient (Wildman–Crippen LogP) is 2.27. The van der Waals surface area contributed by atoms with E-state index in [1.54, 1.807) is 18.2 Å². The van der Waals surface area contributed by atoms with Crippen LogP contribution >= 0.6 is 0 Å². The molecule has 0 bridgehead atoms. The van der Waals surface area contributed by atoms with E-state index in [1.807, 2.05) is 0 Å². The molecule has 2 aliphatic rings. The number of rotatable bonds is 9. The molecule has 0 aromatic heterocycles. The van der Waals surface area contributed by atoms with Gasteiger partial charge >= 0.3 is 5.97 Å². The van der Waals surface area contributed by atoms with Gasteiger partial charge < -0.3 is 29.4 Å². The fourth-order valence-electron chi connectivity index (χ4n) is 3.56. The summed E-state index contributed by atoms with van der Waals surface area (Å²) in [5.41, 5.74) is 0.363. The molecule has 1 heterocycles. The van der Waals surface area contributed by atoms with Crippen LogP contribution in [-0.2, 0) is 23.7 Å². The summed E-state index contributed by atoms with van der Waals surface area (Å²) in [6.07, 6.45) is 3.04. The van der Waals surface area contributed by atoms with Crippen molar-refractivity contribution in [1.29, 1.82) is 0 Å². The zero-order valence-corrected chi connectivity index (χ0v) is 16.8. The summed E-state index contributed by atoms with van der Waals surface area (Å²) in [7, 11) is 2.89. The number of unbranched alkanes of at least 4 members (excludes halogenated alkanes) is 2. The number of carbonyl (C=O) groups excluding carboxylic acids is 2. The maximum absolute atomic E-state index is 12.7. The fraction of sp³-hybridized carbons (Fsp3) is 0.524. The van der Waals surface area contributed by atoms with Gasteiger partial charge in [-0.1, -0.05) is 31.9 Å². The molecule has 1 fully saturated rings. The number of phenols is 1. The number of carbonyl (C=O) groups is 2. The van der Waals surface area contributed by atoms with Gasteiger partial charge in [-0.2, -0.15) is 0 Å². The molecular weight excluding hydrogens is 378 g/mol. The van der Waals surface area contributed by atoms with Gasteiger partial charge in [0.05, 0.1) is 11.3 Å². The smallest absolute Gasteiger partial charge is 0.306 e. The van der Waals surface area contributed by atoms with E-state index in [-0.39, 0.29) is 23.0 Å². The van der Waals surface area contributed by atoms with E-state index in [0.29, 0.717) is 6.42 Å². The van der Waals surface area contributed by atoms with E-state index in [2.05, 4.69) is 12.2 Å². The lowest BCUT2D eigenvalue weighted by Gasteiger charge is -2.35. The largest absolute Gasteiger partial charge is 0.507 e. The zero-order valence-electron chi connectivity index (χ0n) is 16.8. The second kappa shape index (κ2) is 8.94. The highest BCUT2D eigenvalue weighted by atomic mass is 16.7. The molecule has 1 aliphatic carbocycles. The minimum absolute atomic E-state index is 0.0986. The number of epoxide rings is 1. The minimum atomic E-state index is -1.34. The standard InChI is InChI=1S/C21H27NO7/c1-4-5-6-11-17(24)28-15-12-16(21(26-2,27-3)19-18(15)29-19)22-20(25)13-9-7-8-10-14(13)23/h7-10,12,15,18-19,23H,4-6,11H2,1-3H3,(H,22,25)/t15-,18-,19-/m1/s1.